The monoisotopic (exact) mass is 428 g/mol. The van der Waals surface area contributed by atoms with Crippen molar-refractivity contribution in [2.24, 2.45) is 0 Å². The first kappa shape index (κ1) is 20.5. The summed E-state index contributed by atoms with van der Waals surface area (Å²) in [5.41, 5.74) is 0.190. The molecular weight excluding hydrogens is 407 g/mol. The minimum absolute atomic E-state index is 0.0425. The molecule has 0 bridgehead atoms. The van der Waals surface area contributed by atoms with Gasteiger partial charge in [0.05, 0.1) is 34.8 Å². The minimum atomic E-state index is -0.687. The molecule has 2 aromatic carbocycles. The number of carbonyl (C=O) groups excluding carboxylic acids is 1. The molecule has 1 N–H and O–H groups in total. The predicted octanol–water partition coefficient (Wildman–Crippen LogP) is 3.21. The number of hydrogen-bond donors (Lipinski definition) is 1. The molecule has 1 saturated heterocycles. The van der Waals surface area contributed by atoms with Crippen LogP contribution in [-0.4, -0.2) is 40.2 Å². The van der Waals surface area contributed by atoms with Gasteiger partial charge >= 0.3 is 0 Å². The number of benzene rings is 2. The van der Waals surface area contributed by atoms with Gasteiger partial charge in [0.25, 0.3) is 11.5 Å². The van der Waals surface area contributed by atoms with E-state index in [1.165, 1.54) is 35.7 Å². The number of fused-ring (bicyclic) bond motifs is 1. The molecule has 2 heterocycles. The highest BCUT2D eigenvalue weighted by molar-refractivity contribution is 6.33. The highest BCUT2D eigenvalue weighted by Gasteiger charge is 2.18. The Balaban J connectivity index is 1.60. The van der Waals surface area contributed by atoms with Gasteiger partial charge in [-0.3, -0.25) is 9.59 Å². The molecule has 8 heteroatoms. The SMILES string of the molecule is O=C(NCc1nn(CCN2CCCC2)c(=O)c2ccccc12)c1c(F)cccc1Cl. The Kier molecular flexibility index (Phi) is 6.11. The highest BCUT2D eigenvalue weighted by Crippen LogP contribution is 2.19. The molecule has 6 nitrogen and oxygen atoms in total. The van der Waals surface area contributed by atoms with Crippen LogP contribution in [0.2, 0.25) is 5.02 Å². The second-order valence-electron chi connectivity index (χ2n) is 7.35. The van der Waals surface area contributed by atoms with Gasteiger partial charge in [-0.1, -0.05) is 35.9 Å². The number of amides is 1. The molecule has 1 aliphatic heterocycles. The lowest BCUT2D eigenvalue weighted by Gasteiger charge is -2.16. The van der Waals surface area contributed by atoms with Crippen LogP contribution in [0.3, 0.4) is 0 Å². The second kappa shape index (κ2) is 8.93. The zero-order valence-corrected chi connectivity index (χ0v) is 17.2. The lowest BCUT2D eigenvalue weighted by Crippen LogP contribution is -2.33. The van der Waals surface area contributed by atoms with Gasteiger partial charge in [-0.05, 0) is 44.1 Å². The van der Waals surface area contributed by atoms with Crippen LogP contribution in [-0.2, 0) is 13.1 Å². The van der Waals surface area contributed by atoms with Crippen molar-refractivity contribution in [3.63, 3.8) is 0 Å². The van der Waals surface area contributed by atoms with E-state index in [1.54, 1.807) is 18.2 Å². The molecule has 0 atom stereocenters. The average molecular weight is 429 g/mol. The van der Waals surface area contributed by atoms with Crippen LogP contribution >= 0.6 is 11.6 Å². The fraction of sp³-hybridized carbons (Fsp3) is 0.318. The zero-order chi connectivity index (χ0) is 21.1. The van der Waals surface area contributed by atoms with Crippen LogP contribution < -0.4 is 10.9 Å². The molecule has 0 aliphatic carbocycles. The summed E-state index contributed by atoms with van der Waals surface area (Å²) < 4.78 is 15.5. The van der Waals surface area contributed by atoms with Crippen LogP contribution in [0.15, 0.2) is 47.3 Å². The fourth-order valence-electron chi connectivity index (χ4n) is 3.80. The van der Waals surface area contributed by atoms with Crippen molar-refractivity contribution in [2.75, 3.05) is 19.6 Å². The molecular formula is C22H22ClFN4O2. The smallest absolute Gasteiger partial charge is 0.274 e. The van der Waals surface area contributed by atoms with Gasteiger partial charge in [0.15, 0.2) is 0 Å². The first-order valence-electron chi connectivity index (χ1n) is 9.98. The molecule has 30 heavy (non-hydrogen) atoms. The van der Waals surface area contributed by atoms with Crippen molar-refractivity contribution in [3.05, 3.63) is 74.9 Å². The van der Waals surface area contributed by atoms with Crippen molar-refractivity contribution in [3.8, 4) is 0 Å². The van der Waals surface area contributed by atoms with Gasteiger partial charge < -0.3 is 10.2 Å². The molecule has 0 saturated carbocycles. The van der Waals surface area contributed by atoms with Gasteiger partial charge in [0, 0.05) is 11.9 Å². The summed E-state index contributed by atoms with van der Waals surface area (Å²) >= 11 is 5.98. The maximum absolute atomic E-state index is 14.0. The Morgan fingerprint density at radius 3 is 2.53 bits per heavy atom. The Morgan fingerprint density at radius 1 is 1.07 bits per heavy atom. The Hall–Kier alpha value is -2.77. The molecule has 3 aromatic rings. The maximum atomic E-state index is 14.0. The zero-order valence-electron chi connectivity index (χ0n) is 16.4. The Labute approximate surface area is 178 Å². The van der Waals surface area contributed by atoms with Gasteiger partial charge in [-0.2, -0.15) is 5.10 Å². The second-order valence-corrected chi connectivity index (χ2v) is 7.76. The van der Waals surface area contributed by atoms with E-state index in [4.69, 9.17) is 11.6 Å². The molecule has 0 radical (unpaired) electrons. The third-order valence-electron chi connectivity index (χ3n) is 5.38. The number of carbonyl (C=O) groups is 1. The van der Waals surface area contributed by atoms with E-state index < -0.39 is 11.7 Å². The molecule has 1 amide bonds. The van der Waals surface area contributed by atoms with Crippen molar-refractivity contribution in [1.29, 1.82) is 0 Å². The first-order chi connectivity index (χ1) is 14.5. The van der Waals surface area contributed by atoms with Crippen molar-refractivity contribution >= 4 is 28.3 Å². The van der Waals surface area contributed by atoms with Gasteiger partial charge in [0.2, 0.25) is 0 Å². The predicted molar refractivity (Wildman–Crippen MR) is 114 cm³/mol. The molecule has 156 valence electrons. The molecule has 4 rings (SSSR count). The summed E-state index contributed by atoms with van der Waals surface area (Å²) in [6.45, 7) is 3.35. The third kappa shape index (κ3) is 4.22. The van der Waals surface area contributed by atoms with E-state index in [9.17, 15) is 14.0 Å². The van der Waals surface area contributed by atoms with E-state index in [-0.39, 0.29) is 22.7 Å². The maximum Gasteiger partial charge on any atom is 0.274 e. The largest absolute Gasteiger partial charge is 0.346 e. The molecule has 1 aromatic heterocycles. The summed E-state index contributed by atoms with van der Waals surface area (Å²) in [7, 11) is 0. The van der Waals surface area contributed by atoms with E-state index in [0.717, 1.165) is 19.6 Å². The summed E-state index contributed by atoms with van der Waals surface area (Å²) in [5.74, 6) is -1.31. The van der Waals surface area contributed by atoms with E-state index in [2.05, 4.69) is 15.3 Å². The number of hydrogen-bond acceptors (Lipinski definition) is 4. The van der Waals surface area contributed by atoms with Crippen molar-refractivity contribution in [2.45, 2.75) is 25.9 Å². The first-order valence-corrected chi connectivity index (χ1v) is 10.4. The van der Waals surface area contributed by atoms with E-state index >= 15 is 0 Å². The van der Waals surface area contributed by atoms with Gasteiger partial charge in [0.1, 0.15) is 5.82 Å². The normalized spacial score (nSPS) is 14.3. The Morgan fingerprint density at radius 2 is 1.80 bits per heavy atom. The number of halogens is 2. The summed E-state index contributed by atoms with van der Waals surface area (Å²) in [6.07, 6.45) is 2.35. The lowest BCUT2D eigenvalue weighted by atomic mass is 10.1. The molecule has 1 fully saturated rings. The highest BCUT2D eigenvalue weighted by atomic mass is 35.5. The topological polar surface area (TPSA) is 67.2 Å². The number of nitrogens with zero attached hydrogens (tertiary/aromatic N) is 3. The molecule has 0 unspecified atom stereocenters. The molecule has 0 spiro atoms. The summed E-state index contributed by atoms with van der Waals surface area (Å²) in [6, 6.07) is 11.3. The quantitative estimate of drug-likeness (QED) is 0.654. The average Bonchev–Trinajstić information content (AvgIpc) is 3.26. The summed E-state index contributed by atoms with van der Waals surface area (Å²) in [5, 5.41) is 8.44. The van der Waals surface area contributed by atoms with Crippen molar-refractivity contribution < 1.29 is 9.18 Å². The minimum Gasteiger partial charge on any atom is -0.346 e. The van der Waals surface area contributed by atoms with Crippen LogP contribution in [0.4, 0.5) is 4.39 Å². The number of rotatable bonds is 6. The number of nitrogens with one attached hydrogen (secondary N) is 1. The van der Waals surface area contributed by atoms with Crippen LogP contribution in [0.25, 0.3) is 10.8 Å². The van der Waals surface area contributed by atoms with Crippen LogP contribution in [0.5, 0.6) is 0 Å². The van der Waals surface area contributed by atoms with Crippen LogP contribution in [0, 0.1) is 5.82 Å². The van der Waals surface area contributed by atoms with Crippen LogP contribution in [0.1, 0.15) is 28.9 Å². The molecule has 1 aliphatic rings. The van der Waals surface area contributed by atoms with Crippen molar-refractivity contribution in [1.82, 2.24) is 20.0 Å². The lowest BCUT2D eigenvalue weighted by molar-refractivity contribution is 0.0946. The van der Waals surface area contributed by atoms with Gasteiger partial charge in [-0.15, -0.1) is 0 Å². The number of aromatic nitrogens is 2. The third-order valence-corrected chi connectivity index (χ3v) is 5.69. The van der Waals surface area contributed by atoms with E-state index in [0.29, 0.717) is 23.0 Å². The van der Waals surface area contributed by atoms with Gasteiger partial charge in [-0.25, -0.2) is 9.07 Å². The Bertz CT molecular complexity index is 1120. The summed E-state index contributed by atoms with van der Waals surface area (Å²) in [4.78, 5) is 27.7. The fourth-order valence-corrected chi connectivity index (χ4v) is 4.05. The standard InChI is InChI=1S/C22H22ClFN4O2/c23-17-8-5-9-18(24)20(17)21(29)25-14-19-15-6-1-2-7-16(15)22(30)28(26-19)13-12-27-10-3-4-11-27/h1-2,5-9H,3-4,10-14H2,(H,25,29). The number of likely N-dealkylation sites (tertiary alicyclic amines) is 1. The van der Waals surface area contributed by atoms with E-state index in [1.807, 2.05) is 6.07 Å².